The van der Waals surface area contributed by atoms with Gasteiger partial charge >= 0.3 is 0 Å². The van der Waals surface area contributed by atoms with Crippen molar-refractivity contribution in [2.75, 3.05) is 0 Å². The molecule has 0 radical (unpaired) electrons. The van der Waals surface area contributed by atoms with Crippen LogP contribution >= 0.6 is 0 Å². The van der Waals surface area contributed by atoms with Crippen molar-refractivity contribution >= 4 is 89.8 Å². The van der Waals surface area contributed by atoms with Gasteiger partial charge in [-0.2, -0.15) is 0 Å². The van der Waals surface area contributed by atoms with E-state index >= 15 is 0 Å². The summed E-state index contributed by atoms with van der Waals surface area (Å²) >= 11 is 0. The van der Waals surface area contributed by atoms with Crippen molar-refractivity contribution < 1.29 is 0 Å². The second-order valence-electron chi connectivity index (χ2n) is 23.2. The largest absolute Gasteiger partial charge is 0.310 e. The Morgan fingerprint density at radius 3 is 0.956 bits per heavy atom. The maximum Gasteiger partial charge on any atom is 0.247 e. The van der Waals surface area contributed by atoms with Crippen LogP contribution in [0.2, 0.25) is 0 Å². The predicted octanol–water partition coefficient (Wildman–Crippen LogP) is 13.5. The van der Waals surface area contributed by atoms with Gasteiger partial charge in [0.1, 0.15) is 0 Å². The highest BCUT2D eigenvalue weighted by atomic mass is 15.0. The van der Waals surface area contributed by atoms with Gasteiger partial charge in [-0.15, -0.1) is 0 Å². The molecule has 0 aliphatic carbocycles. The van der Waals surface area contributed by atoms with E-state index in [0.717, 1.165) is 0 Å². The predicted molar refractivity (Wildman–Crippen MR) is 301 cm³/mol. The first-order valence-corrected chi connectivity index (χ1v) is 26.0. The lowest BCUT2D eigenvalue weighted by Crippen LogP contribution is -2.62. The number of rotatable bonds is 8. The van der Waals surface area contributed by atoms with E-state index in [-0.39, 0.29) is 13.4 Å². The van der Waals surface area contributed by atoms with Crippen LogP contribution in [0.15, 0.2) is 97.1 Å². The molecule has 0 saturated heterocycles. The summed E-state index contributed by atoms with van der Waals surface area (Å²) in [7, 11) is 0. The first-order valence-electron chi connectivity index (χ1n) is 26.0. The third kappa shape index (κ3) is 6.52. The average molecular weight is 889 g/mol. The van der Waals surface area contributed by atoms with Gasteiger partial charge in [0.15, 0.2) is 0 Å². The molecule has 0 saturated carbocycles. The van der Waals surface area contributed by atoms with E-state index in [2.05, 4.69) is 217 Å². The van der Waals surface area contributed by atoms with Gasteiger partial charge in [0.2, 0.25) is 13.4 Å². The van der Waals surface area contributed by atoms with Crippen molar-refractivity contribution in [1.29, 1.82) is 0 Å². The van der Waals surface area contributed by atoms with Crippen LogP contribution in [0.5, 0.6) is 0 Å². The highest BCUT2D eigenvalue weighted by Crippen LogP contribution is 2.40. The summed E-state index contributed by atoms with van der Waals surface area (Å²) in [5.41, 5.74) is 30.7. The molecule has 0 fully saturated rings. The van der Waals surface area contributed by atoms with Crippen LogP contribution in [0.3, 0.4) is 0 Å². The summed E-state index contributed by atoms with van der Waals surface area (Å²) in [6.45, 7) is 38.0. The molecule has 0 N–H and O–H groups in total. The topological polar surface area (TPSA) is 9.86 Å². The van der Waals surface area contributed by atoms with Gasteiger partial charge in [0, 0.05) is 44.0 Å². The lowest BCUT2D eigenvalue weighted by Gasteiger charge is -2.36. The van der Waals surface area contributed by atoms with Crippen LogP contribution in [-0.2, 0) is 0 Å². The normalized spacial score (nSPS) is 13.4. The van der Waals surface area contributed by atoms with Gasteiger partial charge in [-0.3, -0.25) is 0 Å². The highest BCUT2D eigenvalue weighted by molar-refractivity contribution is 7.00. The number of hydrogen-bond acceptors (Lipinski definition) is 0. The van der Waals surface area contributed by atoms with Gasteiger partial charge in [0.05, 0.1) is 11.0 Å². The lowest BCUT2D eigenvalue weighted by atomic mass is 9.31. The minimum Gasteiger partial charge on any atom is -0.310 e. The third-order valence-electron chi connectivity index (χ3n) is 16.2. The van der Waals surface area contributed by atoms with Gasteiger partial charge < -0.3 is 9.13 Å². The van der Waals surface area contributed by atoms with Crippen LogP contribution in [0.25, 0.3) is 55.0 Å². The van der Waals surface area contributed by atoms with Crippen LogP contribution in [0.1, 0.15) is 174 Å². The molecule has 0 spiro atoms. The zero-order chi connectivity index (χ0) is 48.1. The zero-order valence-corrected chi connectivity index (χ0v) is 43.8. The fraction of sp³-hybridized carbons (Fsp3) is 0.344. The van der Waals surface area contributed by atoms with Gasteiger partial charge in [-0.25, -0.2) is 0 Å². The van der Waals surface area contributed by atoms with Crippen LogP contribution < -0.4 is 32.8 Å². The van der Waals surface area contributed by atoms with Crippen molar-refractivity contribution in [2.24, 2.45) is 0 Å². The summed E-state index contributed by atoms with van der Waals surface area (Å²) in [6, 6.07) is 40.1. The molecule has 2 aromatic heterocycles. The summed E-state index contributed by atoms with van der Waals surface area (Å²) in [6.07, 6.45) is 0. The average Bonchev–Trinajstić information content (AvgIpc) is 3.77. The molecule has 2 nitrogen and oxygen atoms in total. The van der Waals surface area contributed by atoms with E-state index in [4.69, 9.17) is 0 Å². The monoisotopic (exact) mass is 889 g/mol. The molecule has 2 aliphatic heterocycles. The summed E-state index contributed by atoms with van der Waals surface area (Å²) in [4.78, 5) is 0. The maximum absolute atomic E-state index is 2.71. The van der Waals surface area contributed by atoms with Crippen LogP contribution in [-0.4, -0.2) is 22.6 Å². The summed E-state index contributed by atoms with van der Waals surface area (Å²) in [5, 5.41) is 5.42. The van der Waals surface area contributed by atoms with Crippen molar-refractivity contribution in [2.45, 2.75) is 146 Å². The van der Waals surface area contributed by atoms with E-state index in [1.165, 1.54) is 143 Å². The molecule has 0 unspecified atom stereocenters. The molecule has 11 rings (SSSR count). The van der Waals surface area contributed by atoms with E-state index in [1.54, 1.807) is 0 Å². The van der Waals surface area contributed by atoms with Crippen LogP contribution in [0.4, 0.5) is 0 Å². The number of hydrogen-bond donors (Lipinski definition) is 0. The maximum atomic E-state index is 2.71. The Morgan fingerprint density at radius 2 is 0.647 bits per heavy atom. The smallest absolute Gasteiger partial charge is 0.247 e. The van der Waals surface area contributed by atoms with Crippen molar-refractivity contribution in [3.63, 3.8) is 0 Å². The van der Waals surface area contributed by atoms with E-state index < -0.39 is 0 Å². The Hall–Kier alpha value is -5.73. The van der Waals surface area contributed by atoms with Crippen molar-refractivity contribution in [3.8, 4) is 11.4 Å². The van der Waals surface area contributed by atoms with Gasteiger partial charge in [0.25, 0.3) is 0 Å². The Kier molecular flexibility index (Phi) is 10.5. The molecule has 68 heavy (non-hydrogen) atoms. The second-order valence-corrected chi connectivity index (χ2v) is 23.2. The fourth-order valence-corrected chi connectivity index (χ4v) is 12.9. The molecule has 0 bridgehead atoms. The van der Waals surface area contributed by atoms with Gasteiger partial charge in [-0.05, 0) is 167 Å². The second kappa shape index (κ2) is 15.9. The van der Waals surface area contributed by atoms with Crippen molar-refractivity contribution in [3.05, 3.63) is 153 Å². The molecule has 4 heterocycles. The van der Waals surface area contributed by atoms with Crippen LogP contribution in [0, 0.1) is 27.7 Å². The van der Waals surface area contributed by atoms with E-state index in [0.29, 0.717) is 35.5 Å². The van der Waals surface area contributed by atoms with Crippen molar-refractivity contribution in [1.82, 2.24) is 9.13 Å². The summed E-state index contributed by atoms with van der Waals surface area (Å²) < 4.78 is 5.39. The number of aryl methyl sites for hydroxylation is 4. The quantitative estimate of drug-likeness (QED) is 0.135. The molecule has 0 amide bonds. The van der Waals surface area contributed by atoms with Gasteiger partial charge in [-0.1, -0.05) is 165 Å². The first-order chi connectivity index (χ1) is 32.3. The molecule has 9 aromatic rings. The molecule has 2 aliphatic rings. The number of aromatic nitrogens is 2. The fourth-order valence-electron chi connectivity index (χ4n) is 12.9. The molecule has 342 valence electrons. The Labute approximate surface area is 407 Å². The standard InChI is InChI=1S/C64H70B2N2/c1-33(2)43-27-45(35(5)6)61(46(28-43)36(7)8)65-53-31-60-54(32-59(53)67-57-19-17-39(13)21-49(57)51-23-41(15)25-55(65)63(51)67)66(62-47(37(9)10)29-44(34(3)4)30-48(62)38(11)12)56-26-42(16)24-52-50-22-40(14)18-20-58(50)68(60)64(52)56/h17-38H,1-16H3. The Balaban J connectivity index is 1.38. The Morgan fingerprint density at radius 1 is 0.324 bits per heavy atom. The highest BCUT2D eigenvalue weighted by Gasteiger charge is 2.43. The summed E-state index contributed by atoms with van der Waals surface area (Å²) in [5.74, 6) is 2.29. The van der Waals surface area contributed by atoms with E-state index in [9.17, 15) is 0 Å². The zero-order valence-electron chi connectivity index (χ0n) is 43.8. The first kappa shape index (κ1) is 44.8. The Bertz CT molecular complexity index is 3290. The number of fused-ring (bicyclic) bond motifs is 10. The molecular formula is C64H70B2N2. The number of benzene rings is 7. The molecule has 7 aromatic carbocycles. The third-order valence-corrected chi connectivity index (χ3v) is 16.2. The van der Waals surface area contributed by atoms with E-state index in [1.807, 2.05) is 0 Å². The lowest BCUT2D eigenvalue weighted by molar-refractivity contribution is 0.812. The molecular weight excluding hydrogens is 818 g/mol. The minimum absolute atomic E-state index is 0.0341. The molecule has 4 heteroatoms. The molecule has 0 atom stereocenters. The number of nitrogens with zero attached hydrogens (tertiary/aromatic N) is 2. The minimum atomic E-state index is 0.0341. The SMILES string of the molecule is Cc1ccc2c(c1)c1cc(C)cc3c1n2-c1cc2c(cc1B3c1c(C(C)C)cc(C(C)C)cc1C(C)C)-n1c3ccc(C)cc3c3cc(C)cc(c31)B2c1c(C(C)C)cc(C(C)C)cc1C(C)C.